The van der Waals surface area contributed by atoms with Crippen molar-refractivity contribution in [2.45, 2.75) is 33.1 Å². The summed E-state index contributed by atoms with van der Waals surface area (Å²) in [7, 11) is 1.64. The van der Waals surface area contributed by atoms with Gasteiger partial charge in [0.2, 0.25) is 0 Å². The molecule has 0 aromatic rings. The lowest BCUT2D eigenvalue weighted by molar-refractivity contribution is 0.00208. The van der Waals surface area contributed by atoms with Gasteiger partial charge in [0.05, 0.1) is 5.70 Å². The van der Waals surface area contributed by atoms with Crippen molar-refractivity contribution in [2.24, 2.45) is 5.92 Å². The first kappa shape index (κ1) is 14.3. The number of hydrogen-bond donors (Lipinski definition) is 1. The Morgan fingerprint density at radius 3 is 2.65 bits per heavy atom. The molecule has 0 radical (unpaired) electrons. The number of rotatable bonds is 7. The number of methoxy groups -OCH3 is 1. The summed E-state index contributed by atoms with van der Waals surface area (Å²) in [5.74, 6) is 1.49. The molecule has 0 unspecified atom stereocenters. The standard InChI is InChI=1S/C13H25NO3/c1-4-7-14-13(11(2)17-10-15-3)12-5-8-16-9-6-12/h12,14H,4-10H2,1-3H3/b13-11+. The fraction of sp³-hybridized carbons (Fsp3) is 0.846. The molecule has 1 aliphatic heterocycles. The maximum atomic E-state index is 5.56. The predicted molar refractivity (Wildman–Crippen MR) is 67.5 cm³/mol. The van der Waals surface area contributed by atoms with Crippen LogP contribution in [0.5, 0.6) is 0 Å². The molecule has 0 atom stereocenters. The lowest BCUT2D eigenvalue weighted by atomic mass is 9.95. The molecule has 1 heterocycles. The Morgan fingerprint density at radius 1 is 1.35 bits per heavy atom. The second-order valence-corrected chi connectivity index (χ2v) is 4.33. The molecule has 4 heteroatoms. The molecule has 0 aromatic heterocycles. The van der Waals surface area contributed by atoms with Gasteiger partial charge in [-0.2, -0.15) is 0 Å². The van der Waals surface area contributed by atoms with E-state index in [1.807, 2.05) is 6.92 Å². The molecule has 0 aliphatic carbocycles. The van der Waals surface area contributed by atoms with Gasteiger partial charge in [-0.25, -0.2) is 0 Å². The van der Waals surface area contributed by atoms with Crippen molar-refractivity contribution in [1.82, 2.24) is 5.32 Å². The maximum Gasteiger partial charge on any atom is 0.188 e. The maximum absolute atomic E-state index is 5.56. The van der Waals surface area contributed by atoms with E-state index in [4.69, 9.17) is 14.2 Å². The molecule has 0 amide bonds. The van der Waals surface area contributed by atoms with Crippen molar-refractivity contribution in [3.63, 3.8) is 0 Å². The monoisotopic (exact) mass is 243 g/mol. The summed E-state index contributed by atoms with van der Waals surface area (Å²) in [6.45, 7) is 7.16. The van der Waals surface area contributed by atoms with Crippen LogP contribution in [0, 0.1) is 5.92 Å². The Morgan fingerprint density at radius 2 is 2.06 bits per heavy atom. The first-order valence-electron chi connectivity index (χ1n) is 6.43. The Labute approximate surface area is 104 Å². The zero-order chi connectivity index (χ0) is 12.5. The summed E-state index contributed by atoms with van der Waals surface area (Å²) in [5, 5.41) is 3.49. The van der Waals surface area contributed by atoms with Gasteiger partial charge in [0.25, 0.3) is 0 Å². The van der Waals surface area contributed by atoms with Gasteiger partial charge in [0, 0.05) is 32.8 Å². The molecule has 0 spiro atoms. The SMILES string of the molecule is CCCN/C(=C(\C)OCOC)C1CCOCC1. The number of hydrogen-bond acceptors (Lipinski definition) is 4. The highest BCUT2D eigenvalue weighted by Gasteiger charge is 2.20. The molecular formula is C13H25NO3. The Bertz CT molecular complexity index is 235. The van der Waals surface area contributed by atoms with Crippen molar-refractivity contribution in [1.29, 1.82) is 0 Å². The topological polar surface area (TPSA) is 39.7 Å². The van der Waals surface area contributed by atoms with Crippen LogP contribution in [0.15, 0.2) is 11.5 Å². The molecule has 1 rings (SSSR count). The second kappa shape index (κ2) is 8.37. The van der Waals surface area contributed by atoms with Gasteiger partial charge < -0.3 is 19.5 Å². The van der Waals surface area contributed by atoms with Crippen LogP contribution in [0.3, 0.4) is 0 Å². The van der Waals surface area contributed by atoms with Gasteiger partial charge >= 0.3 is 0 Å². The van der Waals surface area contributed by atoms with E-state index in [9.17, 15) is 0 Å². The predicted octanol–water partition coefficient (Wildman–Crippen LogP) is 2.26. The van der Waals surface area contributed by atoms with Crippen LogP contribution in [0.2, 0.25) is 0 Å². The summed E-state index contributed by atoms with van der Waals surface area (Å²) in [6.07, 6.45) is 3.25. The van der Waals surface area contributed by atoms with Crippen LogP contribution < -0.4 is 5.32 Å². The molecule has 1 aliphatic rings. The van der Waals surface area contributed by atoms with E-state index in [0.29, 0.717) is 12.7 Å². The van der Waals surface area contributed by atoms with E-state index >= 15 is 0 Å². The van der Waals surface area contributed by atoms with Gasteiger partial charge in [-0.1, -0.05) is 6.92 Å². The van der Waals surface area contributed by atoms with E-state index in [0.717, 1.165) is 44.8 Å². The highest BCUT2D eigenvalue weighted by atomic mass is 16.7. The molecule has 0 aromatic carbocycles. The molecule has 4 nitrogen and oxygen atoms in total. The van der Waals surface area contributed by atoms with Crippen molar-refractivity contribution in [3.8, 4) is 0 Å². The molecule has 1 fully saturated rings. The van der Waals surface area contributed by atoms with Crippen LogP contribution in [-0.4, -0.2) is 33.7 Å². The van der Waals surface area contributed by atoms with Crippen LogP contribution >= 0.6 is 0 Å². The summed E-state index contributed by atoms with van der Waals surface area (Å²) in [4.78, 5) is 0. The Balaban J connectivity index is 2.62. The first-order valence-corrected chi connectivity index (χ1v) is 6.43. The number of nitrogens with one attached hydrogen (secondary N) is 1. The molecule has 0 bridgehead atoms. The van der Waals surface area contributed by atoms with E-state index in [2.05, 4.69) is 12.2 Å². The van der Waals surface area contributed by atoms with E-state index < -0.39 is 0 Å². The van der Waals surface area contributed by atoms with E-state index in [1.54, 1.807) is 7.11 Å². The highest BCUT2D eigenvalue weighted by molar-refractivity contribution is 5.09. The molecule has 1 saturated heterocycles. The smallest absolute Gasteiger partial charge is 0.188 e. The van der Waals surface area contributed by atoms with Gasteiger partial charge in [0.1, 0.15) is 5.76 Å². The molecule has 1 N–H and O–H groups in total. The zero-order valence-electron chi connectivity index (χ0n) is 11.3. The summed E-state index contributed by atoms with van der Waals surface area (Å²) >= 11 is 0. The molecule has 0 saturated carbocycles. The average Bonchev–Trinajstić information content (AvgIpc) is 2.38. The van der Waals surface area contributed by atoms with Gasteiger partial charge in [-0.15, -0.1) is 0 Å². The van der Waals surface area contributed by atoms with Crippen molar-refractivity contribution >= 4 is 0 Å². The van der Waals surface area contributed by atoms with Crippen molar-refractivity contribution < 1.29 is 14.2 Å². The summed E-state index contributed by atoms with van der Waals surface area (Å²) in [5.41, 5.74) is 1.23. The van der Waals surface area contributed by atoms with E-state index in [1.165, 1.54) is 5.70 Å². The van der Waals surface area contributed by atoms with Gasteiger partial charge in [-0.3, -0.25) is 0 Å². The first-order chi connectivity index (χ1) is 8.29. The largest absolute Gasteiger partial charge is 0.470 e. The highest BCUT2D eigenvalue weighted by Crippen LogP contribution is 2.24. The summed E-state index contributed by atoms with van der Waals surface area (Å²) < 4.78 is 15.9. The third-order valence-corrected chi connectivity index (χ3v) is 2.97. The minimum Gasteiger partial charge on any atom is -0.470 e. The Kier molecular flexibility index (Phi) is 7.05. The van der Waals surface area contributed by atoms with Gasteiger partial charge in [-0.05, 0) is 26.2 Å². The Hall–Kier alpha value is -0.740. The third-order valence-electron chi connectivity index (χ3n) is 2.97. The fourth-order valence-corrected chi connectivity index (χ4v) is 2.03. The molecular weight excluding hydrogens is 218 g/mol. The molecule has 100 valence electrons. The minimum absolute atomic E-state index is 0.312. The number of allylic oxidation sites excluding steroid dienone is 2. The lowest BCUT2D eigenvalue weighted by Gasteiger charge is -2.27. The number of ether oxygens (including phenoxy) is 3. The quantitative estimate of drug-likeness (QED) is 0.550. The van der Waals surface area contributed by atoms with Crippen LogP contribution in [0.25, 0.3) is 0 Å². The fourth-order valence-electron chi connectivity index (χ4n) is 2.03. The summed E-state index contributed by atoms with van der Waals surface area (Å²) in [6, 6.07) is 0. The average molecular weight is 243 g/mol. The minimum atomic E-state index is 0.312. The second-order valence-electron chi connectivity index (χ2n) is 4.33. The van der Waals surface area contributed by atoms with Crippen molar-refractivity contribution in [3.05, 3.63) is 11.5 Å². The normalized spacial score (nSPS) is 18.8. The van der Waals surface area contributed by atoms with Crippen LogP contribution in [0.1, 0.15) is 33.1 Å². The van der Waals surface area contributed by atoms with Crippen molar-refractivity contribution in [2.75, 3.05) is 33.7 Å². The van der Waals surface area contributed by atoms with Crippen LogP contribution in [-0.2, 0) is 14.2 Å². The molecule has 17 heavy (non-hydrogen) atoms. The third kappa shape index (κ3) is 4.96. The van der Waals surface area contributed by atoms with Gasteiger partial charge in [0.15, 0.2) is 6.79 Å². The van der Waals surface area contributed by atoms with E-state index in [-0.39, 0.29) is 0 Å². The lowest BCUT2D eigenvalue weighted by Crippen LogP contribution is -2.28. The zero-order valence-corrected chi connectivity index (χ0v) is 11.3. The van der Waals surface area contributed by atoms with Crippen LogP contribution in [0.4, 0.5) is 0 Å².